The number of nitrogens with two attached hydrogens (primary N) is 1. The van der Waals surface area contributed by atoms with E-state index >= 15 is 0 Å². The Morgan fingerprint density at radius 2 is 2.24 bits per heavy atom. The lowest BCUT2D eigenvalue weighted by Gasteiger charge is -2.35. The highest BCUT2D eigenvalue weighted by molar-refractivity contribution is 5.13. The van der Waals surface area contributed by atoms with Gasteiger partial charge in [0.2, 0.25) is 0 Å². The molecular formula is C12H24N4O. The normalized spacial score (nSPS) is 17.1. The Bertz CT molecular complexity index is 339. The molecule has 0 aliphatic rings. The largest absolute Gasteiger partial charge is 0.395 e. The number of rotatable bonds is 6. The molecule has 0 spiro atoms. The van der Waals surface area contributed by atoms with Gasteiger partial charge in [-0.05, 0) is 20.4 Å². The van der Waals surface area contributed by atoms with Crippen LogP contribution in [0.15, 0.2) is 12.4 Å². The molecule has 1 rings (SSSR count). The van der Waals surface area contributed by atoms with E-state index in [0.717, 1.165) is 12.0 Å². The van der Waals surface area contributed by atoms with Gasteiger partial charge in [0.15, 0.2) is 0 Å². The molecule has 1 aromatic heterocycles. The van der Waals surface area contributed by atoms with Gasteiger partial charge < -0.3 is 10.8 Å². The van der Waals surface area contributed by atoms with Crippen molar-refractivity contribution in [3.8, 4) is 0 Å². The minimum atomic E-state index is 0.0400. The van der Waals surface area contributed by atoms with Gasteiger partial charge in [-0.25, -0.2) is 0 Å². The molecule has 0 saturated heterocycles. The molecule has 0 aliphatic carbocycles. The molecule has 0 saturated carbocycles. The van der Waals surface area contributed by atoms with Crippen LogP contribution in [0.25, 0.3) is 0 Å². The summed E-state index contributed by atoms with van der Waals surface area (Å²) in [6, 6.07) is 0.215. The predicted octanol–water partition coefficient (Wildman–Crippen LogP) is 0.511. The third kappa shape index (κ3) is 3.28. The zero-order chi connectivity index (χ0) is 13.0. The molecular weight excluding hydrogens is 216 g/mol. The van der Waals surface area contributed by atoms with E-state index < -0.39 is 0 Å². The fraction of sp³-hybridized carbons (Fsp3) is 0.750. The molecule has 0 bridgehead atoms. The lowest BCUT2D eigenvalue weighted by atomic mass is 9.98. The summed E-state index contributed by atoms with van der Waals surface area (Å²) in [4.78, 5) is 2.12. The molecule has 5 nitrogen and oxygen atoms in total. The van der Waals surface area contributed by atoms with Crippen molar-refractivity contribution in [3.05, 3.63) is 18.0 Å². The van der Waals surface area contributed by atoms with Crippen LogP contribution < -0.4 is 5.73 Å². The Labute approximate surface area is 103 Å². The number of hydrogen-bond acceptors (Lipinski definition) is 4. The summed E-state index contributed by atoms with van der Waals surface area (Å²) in [5.41, 5.74) is 7.29. The highest BCUT2D eigenvalue weighted by Crippen LogP contribution is 2.25. The van der Waals surface area contributed by atoms with E-state index in [9.17, 15) is 5.11 Å². The Morgan fingerprint density at radius 1 is 1.59 bits per heavy atom. The second-order valence-corrected chi connectivity index (χ2v) is 4.66. The van der Waals surface area contributed by atoms with Gasteiger partial charge in [-0.2, -0.15) is 5.10 Å². The fourth-order valence-corrected chi connectivity index (χ4v) is 2.00. The van der Waals surface area contributed by atoms with Gasteiger partial charge in [0.25, 0.3) is 0 Å². The Kier molecular flexibility index (Phi) is 5.11. The summed E-state index contributed by atoms with van der Waals surface area (Å²) in [7, 11) is 3.89. The molecule has 3 atom stereocenters. The summed E-state index contributed by atoms with van der Waals surface area (Å²) in [5.74, 6) is 0. The molecule has 1 aromatic rings. The molecule has 98 valence electrons. The van der Waals surface area contributed by atoms with E-state index in [0.29, 0.717) is 0 Å². The summed E-state index contributed by atoms with van der Waals surface area (Å²) in [6.45, 7) is 4.20. The van der Waals surface area contributed by atoms with Crippen LogP contribution in [0.2, 0.25) is 0 Å². The van der Waals surface area contributed by atoms with Crippen LogP contribution >= 0.6 is 0 Å². The highest BCUT2D eigenvalue weighted by Gasteiger charge is 2.27. The average Bonchev–Trinajstić information content (AvgIpc) is 2.74. The number of aliphatic hydroxyl groups is 1. The van der Waals surface area contributed by atoms with Gasteiger partial charge >= 0.3 is 0 Å². The lowest BCUT2D eigenvalue weighted by molar-refractivity contribution is 0.105. The van der Waals surface area contributed by atoms with Crippen LogP contribution in [0.5, 0.6) is 0 Å². The van der Waals surface area contributed by atoms with Crippen LogP contribution in [-0.4, -0.2) is 45.5 Å². The minimum absolute atomic E-state index is 0.0400. The molecule has 0 radical (unpaired) electrons. The number of aromatic nitrogens is 2. The van der Waals surface area contributed by atoms with Crippen molar-refractivity contribution in [2.24, 2.45) is 12.8 Å². The number of aliphatic hydroxyl groups excluding tert-OH is 1. The van der Waals surface area contributed by atoms with E-state index in [4.69, 9.17) is 5.73 Å². The van der Waals surface area contributed by atoms with Gasteiger partial charge in [-0.3, -0.25) is 9.58 Å². The second kappa shape index (κ2) is 6.14. The summed E-state index contributed by atoms with van der Waals surface area (Å²) in [6.07, 6.45) is 4.73. The summed E-state index contributed by atoms with van der Waals surface area (Å²) < 4.78 is 1.78. The van der Waals surface area contributed by atoms with Gasteiger partial charge in [-0.15, -0.1) is 0 Å². The molecule has 0 aromatic carbocycles. The van der Waals surface area contributed by atoms with Gasteiger partial charge in [-0.1, -0.05) is 6.92 Å². The van der Waals surface area contributed by atoms with E-state index in [1.54, 1.807) is 4.68 Å². The first-order valence-electron chi connectivity index (χ1n) is 6.08. The van der Waals surface area contributed by atoms with Crippen LogP contribution in [0.3, 0.4) is 0 Å². The molecule has 1 heterocycles. The third-order valence-electron chi connectivity index (χ3n) is 3.34. The maximum absolute atomic E-state index is 9.26. The third-order valence-corrected chi connectivity index (χ3v) is 3.34. The van der Waals surface area contributed by atoms with Gasteiger partial charge in [0.05, 0.1) is 18.8 Å². The molecule has 0 aliphatic heterocycles. The first-order valence-corrected chi connectivity index (χ1v) is 6.08. The zero-order valence-corrected chi connectivity index (χ0v) is 11.2. The van der Waals surface area contributed by atoms with Crippen LogP contribution in [0.1, 0.15) is 31.9 Å². The Balaban J connectivity index is 2.95. The molecule has 3 unspecified atom stereocenters. The number of aryl methyl sites for hydroxylation is 1. The van der Waals surface area contributed by atoms with E-state index in [2.05, 4.69) is 16.9 Å². The van der Waals surface area contributed by atoms with Crippen LogP contribution in [-0.2, 0) is 7.05 Å². The topological polar surface area (TPSA) is 67.3 Å². The number of hydrogen-bond donors (Lipinski definition) is 2. The number of likely N-dealkylation sites (N-methyl/N-ethyl adjacent to an activating group) is 1. The smallest absolute Gasteiger partial charge is 0.0584 e. The van der Waals surface area contributed by atoms with Gasteiger partial charge in [0, 0.05) is 30.9 Å². The molecule has 0 fully saturated rings. The zero-order valence-electron chi connectivity index (χ0n) is 11.2. The van der Waals surface area contributed by atoms with Crippen molar-refractivity contribution in [1.82, 2.24) is 14.7 Å². The van der Waals surface area contributed by atoms with E-state index in [1.165, 1.54) is 0 Å². The van der Waals surface area contributed by atoms with Crippen molar-refractivity contribution < 1.29 is 5.11 Å². The van der Waals surface area contributed by atoms with E-state index in [1.807, 2.05) is 33.4 Å². The minimum Gasteiger partial charge on any atom is -0.395 e. The van der Waals surface area contributed by atoms with Gasteiger partial charge in [0.1, 0.15) is 0 Å². The molecule has 17 heavy (non-hydrogen) atoms. The molecule has 0 amide bonds. The summed E-state index contributed by atoms with van der Waals surface area (Å²) in [5, 5.41) is 13.5. The van der Waals surface area contributed by atoms with Crippen molar-refractivity contribution in [3.63, 3.8) is 0 Å². The first kappa shape index (κ1) is 14.2. The fourth-order valence-electron chi connectivity index (χ4n) is 2.00. The van der Waals surface area contributed by atoms with Crippen molar-refractivity contribution in [1.29, 1.82) is 0 Å². The second-order valence-electron chi connectivity index (χ2n) is 4.66. The predicted molar refractivity (Wildman–Crippen MR) is 68.5 cm³/mol. The van der Waals surface area contributed by atoms with Crippen molar-refractivity contribution in [2.45, 2.75) is 38.4 Å². The SMILES string of the molecule is CCC(N)C(c1cnn(C)c1)N(C)C(C)CO. The first-order chi connectivity index (χ1) is 8.01. The molecule has 3 N–H and O–H groups in total. The van der Waals surface area contributed by atoms with Crippen LogP contribution in [0.4, 0.5) is 0 Å². The Hall–Kier alpha value is -0.910. The molecule has 5 heteroatoms. The lowest BCUT2D eigenvalue weighted by Crippen LogP contribution is -2.44. The highest BCUT2D eigenvalue weighted by atomic mass is 16.3. The monoisotopic (exact) mass is 240 g/mol. The maximum Gasteiger partial charge on any atom is 0.0584 e. The average molecular weight is 240 g/mol. The van der Waals surface area contributed by atoms with Crippen molar-refractivity contribution >= 4 is 0 Å². The quantitative estimate of drug-likeness (QED) is 0.760. The summed E-state index contributed by atoms with van der Waals surface area (Å²) >= 11 is 0. The van der Waals surface area contributed by atoms with Crippen LogP contribution in [0, 0.1) is 0 Å². The number of nitrogens with zero attached hydrogens (tertiary/aromatic N) is 3. The standard InChI is InChI=1S/C12H24N4O/c1-5-11(13)12(16(4)9(2)8-17)10-6-14-15(3)7-10/h6-7,9,11-12,17H,5,8,13H2,1-4H3. The maximum atomic E-state index is 9.26. The van der Waals surface area contributed by atoms with E-state index in [-0.39, 0.29) is 24.7 Å². The Morgan fingerprint density at radius 3 is 2.65 bits per heavy atom. The van der Waals surface area contributed by atoms with Crippen molar-refractivity contribution in [2.75, 3.05) is 13.7 Å².